The topological polar surface area (TPSA) is 69.9 Å². The molecule has 0 aliphatic carbocycles. The highest BCUT2D eigenvalue weighted by Crippen LogP contribution is 2.29. The molecular formula is C15H10F2N4O2S. The van der Waals surface area contributed by atoms with Crippen LogP contribution in [0.15, 0.2) is 59.8 Å². The maximum Gasteiger partial charge on any atom is 0.344 e. The first-order chi connectivity index (χ1) is 11.6. The number of halogens is 2. The van der Waals surface area contributed by atoms with Crippen LogP contribution in [0.5, 0.6) is 5.75 Å². The Balaban J connectivity index is 1.75. The van der Waals surface area contributed by atoms with Gasteiger partial charge in [-0.05, 0) is 46.8 Å². The van der Waals surface area contributed by atoms with Crippen molar-refractivity contribution in [2.45, 2.75) is 10.7 Å². The van der Waals surface area contributed by atoms with Crippen molar-refractivity contribution in [2.24, 2.45) is 0 Å². The van der Waals surface area contributed by atoms with E-state index in [4.69, 9.17) is 4.74 Å². The largest absolute Gasteiger partial charge is 0.423 e. The number of alkyl halides is 2. The van der Waals surface area contributed by atoms with E-state index in [2.05, 4.69) is 15.5 Å². The zero-order chi connectivity index (χ0) is 16.9. The molecule has 3 rings (SSSR count). The lowest BCUT2D eigenvalue weighted by atomic mass is 10.2. The van der Waals surface area contributed by atoms with Crippen molar-refractivity contribution in [2.75, 3.05) is 0 Å². The normalized spacial score (nSPS) is 10.8. The molecule has 6 nitrogen and oxygen atoms in total. The third-order valence-electron chi connectivity index (χ3n) is 2.98. The van der Waals surface area contributed by atoms with Gasteiger partial charge in [0.2, 0.25) is 0 Å². The third-order valence-corrected chi connectivity index (χ3v) is 3.77. The van der Waals surface area contributed by atoms with Crippen LogP contribution in [0.3, 0.4) is 0 Å². The number of nitrogens with zero attached hydrogens (tertiary/aromatic N) is 4. The standard InChI is InChI=1S/C15H10F2N4O2S/c16-15(17)24-13-4-2-1-3-12(13)14(22)23-11-7-5-10(6-8-11)21-9-18-19-20-21/h1-9,15H. The second-order valence-corrected chi connectivity index (χ2v) is 5.54. The molecule has 0 fully saturated rings. The smallest absolute Gasteiger partial charge is 0.344 e. The molecule has 0 atom stereocenters. The van der Waals surface area contributed by atoms with Crippen LogP contribution in [0, 0.1) is 0 Å². The molecule has 0 aliphatic rings. The summed E-state index contributed by atoms with van der Waals surface area (Å²) in [5, 5.41) is 10.8. The Labute approximate surface area is 139 Å². The van der Waals surface area contributed by atoms with Crippen LogP contribution in [0.4, 0.5) is 8.78 Å². The highest BCUT2D eigenvalue weighted by atomic mass is 32.2. The summed E-state index contributed by atoms with van der Waals surface area (Å²) in [5.41, 5.74) is 0.779. The van der Waals surface area contributed by atoms with Gasteiger partial charge in [0.25, 0.3) is 5.76 Å². The molecule has 0 unspecified atom stereocenters. The monoisotopic (exact) mass is 348 g/mol. The number of esters is 1. The van der Waals surface area contributed by atoms with E-state index in [1.54, 1.807) is 36.4 Å². The first kappa shape index (κ1) is 16.1. The van der Waals surface area contributed by atoms with Crippen molar-refractivity contribution in [3.63, 3.8) is 0 Å². The molecule has 0 radical (unpaired) electrons. The maximum absolute atomic E-state index is 12.6. The van der Waals surface area contributed by atoms with Crippen molar-refractivity contribution in [3.05, 3.63) is 60.4 Å². The van der Waals surface area contributed by atoms with Crippen molar-refractivity contribution in [1.82, 2.24) is 20.2 Å². The van der Waals surface area contributed by atoms with Gasteiger partial charge in [-0.15, -0.1) is 5.10 Å². The summed E-state index contributed by atoms with van der Waals surface area (Å²) in [4.78, 5) is 12.4. The van der Waals surface area contributed by atoms with E-state index >= 15 is 0 Å². The zero-order valence-electron chi connectivity index (χ0n) is 12.0. The molecular weight excluding hydrogens is 338 g/mol. The van der Waals surface area contributed by atoms with Crippen LogP contribution >= 0.6 is 11.8 Å². The second kappa shape index (κ2) is 7.18. The summed E-state index contributed by atoms with van der Waals surface area (Å²) in [6.07, 6.45) is 1.43. The maximum atomic E-state index is 12.6. The van der Waals surface area contributed by atoms with E-state index in [1.807, 2.05) is 0 Å². The number of carbonyl (C=O) groups excluding carboxylic acids is 1. The summed E-state index contributed by atoms with van der Waals surface area (Å²) < 4.78 is 31.8. The number of thioether (sulfide) groups is 1. The molecule has 0 spiro atoms. The quantitative estimate of drug-likeness (QED) is 0.401. The van der Waals surface area contributed by atoms with E-state index in [-0.39, 0.29) is 16.2 Å². The summed E-state index contributed by atoms with van der Waals surface area (Å²) in [7, 11) is 0. The first-order valence-electron chi connectivity index (χ1n) is 6.73. The molecule has 24 heavy (non-hydrogen) atoms. The summed E-state index contributed by atoms with van der Waals surface area (Å²) in [6.45, 7) is 0. The molecule has 9 heteroatoms. The Morgan fingerprint density at radius 3 is 2.54 bits per heavy atom. The average molecular weight is 348 g/mol. The Morgan fingerprint density at radius 2 is 1.88 bits per heavy atom. The molecule has 3 aromatic rings. The number of hydrogen-bond donors (Lipinski definition) is 0. The van der Waals surface area contributed by atoms with E-state index in [1.165, 1.54) is 23.1 Å². The lowest BCUT2D eigenvalue weighted by Gasteiger charge is -2.09. The number of hydrogen-bond acceptors (Lipinski definition) is 6. The SMILES string of the molecule is O=C(Oc1ccc(-n2cnnn2)cc1)c1ccccc1SC(F)F. The van der Waals surface area contributed by atoms with E-state index < -0.39 is 11.7 Å². The number of tetrazole rings is 1. The van der Waals surface area contributed by atoms with Crippen LogP contribution in [0.1, 0.15) is 10.4 Å². The van der Waals surface area contributed by atoms with Gasteiger partial charge in [-0.25, -0.2) is 9.48 Å². The fourth-order valence-corrected chi connectivity index (χ4v) is 2.57. The fourth-order valence-electron chi connectivity index (χ4n) is 1.94. The van der Waals surface area contributed by atoms with Crippen molar-refractivity contribution in [3.8, 4) is 11.4 Å². The van der Waals surface area contributed by atoms with Gasteiger partial charge in [-0.1, -0.05) is 23.9 Å². The summed E-state index contributed by atoms with van der Waals surface area (Å²) in [5.74, 6) is -3.03. The molecule has 0 amide bonds. The van der Waals surface area contributed by atoms with Crippen LogP contribution in [0.2, 0.25) is 0 Å². The Bertz CT molecular complexity index is 826. The number of carbonyl (C=O) groups is 1. The van der Waals surface area contributed by atoms with Crippen LogP contribution < -0.4 is 4.74 Å². The van der Waals surface area contributed by atoms with E-state index in [0.717, 1.165) is 0 Å². The molecule has 122 valence electrons. The van der Waals surface area contributed by atoms with Gasteiger partial charge in [0, 0.05) is 4.90 Å². The molecule has 1 aromatic heterocycles. The van der Waals surface area contributed by atoms with Gasteiger partial charge in [-0.3, -0.25) is 0 Å². The van der Waals surface area contributed by atoms with Crippen LogP contribution in [-0.2, 0) is 0 Å². The van der Waals surface area contributed by atoms with E-state index in [0.29, 0.717) is 17.4 Å². The minimum Gasteiger partial charge on any atom is -0.423 e. The Morgan fingerprint density at radius 1 is 1.12 bits per heavy atom. The zero-order valence-corrected chi connectivity index (χ0v) is 12.9. The summed E-state index contributed by atoms with van der Waals surface area (Å²) >= 11 is 0.305. The third kappa shape index (κ3) is 3.74. The molecule has 0 N–H and O–H groups in total. The molecule has 0 saturated heterocycles. The predicted molar refractivity (Wildman–Crippen MR) is 82.4 cm³/mol. The van der Waals surface area contributed by atoms with Crippen molar-refractivity contribution in [1.29, 1.82) is 0 Å². The minimum absolute atomic E-state index is 0.0901. The van der Waals surface area contributed by atoms with Crippen LogP contribution in [0.25, 0.3) is 5.69 Å². The molecule has 0 aliphatic heterocycles. The highest BCUT2D eigenvalue weighted by molar-refractivity contribution is 7.99. The van der Waals surface area contributed by atoms with Gasteiger partial charge in [0.15, 0.2) is 0 Å². The van der Waals surface area contributed by atoms with Gasteiger partial charge >= 0.3 is 5.97 Å². The van der Waals surface area contributed by atoms with Gasteiger partial charge in [0.05, 0.1) is 11.3 Å². The second-order valence-electron chi connectivity index (χ2n) is 4.51. The van der Waals surface area contributed by atoms with Gasteiger partial charge in [0.1, 0.15) is 12.1 Å². The lowest BCUT2D eigenvalue weighted by Crippen LogP contribution is -2.10. The molecule has 1 heterocycles. The average Bonchev–Trinajstić information content (AvgIpc) is 3.10. The van der Waals surface area contributed by atoms with Crippen LogP contribution in [-0.4, -0.2) is 31.9 Å². The van der Waals surface area contributed by atoms with E-state index in [9.17, 15) is 13.6 Å². The lowest BCUT2D eigenvalue weighted by molar-refractivity contribution is 0.0731. The first-order valence-corrected chi connectivity index (χ1v) is 7.61. The summed E-state index contributed by atoms with van der Waals surface area (Å²) in [6, 6.07) is 12.5. The van der Waals surface area contributed by atoms with Gasteiger partial charge < -0.3 is 4.74 Å². The molecule has 0 bridgehead atoms. The number of aromatic nitrogens is 4. The molecule has 2 aromatic carbocycles. The fraction of sp³-hybridized carbons (Fsp3) is 0.0667. The van der Waals surface area contributed by atoms with Gasteiger partial charge in [-0.2, -0.15) is 8.78 Å². The Hall–Kier alpha value is -2.81. The van der Waals surface area contributed by atoms with Crippen molar-refractivity contribution < 1.29 is 18.3 Å². The predicted octanol–water partition coefficient (Wildman–Crippen LogP) is 3.20. The number of ether oxygens (including phenoxy) is 1. The number of benzene rings is 2. The highest BCUT2D eigenvalue weighted by Gasteiger charge is 2.17. The Kier molecular flexibility index (Phi) is 4.80. The number of rotatable bonds is 5. The molecule has 0 saturated carbocycles. The van der Waals surface area contributed by atoms with Crippen molar-refractivity contribution >= 4 is 17.7 Å². The minimum atomic E-state index is -2.62.